The average Bonchev–Trinajstić information content (AvgIpc) is 3.29. The number of amides is 1. The van der Waals surface area contributed by atoms with Gasteiger partial charge in [-0.25, -0.2) is 15.0 Å². The van der Waals surface area contributed by atoms with E-state index in [1.807, 2.05) is 6.07 Å². The molecule has 9 nitrogen and oxygen atoms in total. The molecule has 9 heteroatoms. The van der Waals surface area contributed by atoms with Crippen molar-refractivity contribution in [2.45, 2.75) is 33.2 Å². The molecule has 0 aliphatic carbocycles. The molecule has 2 aromatic heterocycles. The predicted octanol–water partition coefficient (Wildman–Crippen LogP) is 0.599. The van der Waals surface area contributed by atoms with Gasteiger partial charge in [0.05, 0.1) is 6.33 Å². The summed E-state index contributed by atoms with van der Waals surface area (Å²) in [6.07, 6.45) is 5.50. The van der Waals surface area contributed by atoms with Gasteiger partial charge in [-0.1, -0.05) is 0 Å². The van der Waals surface area contributed by atoms with Crippen molar-refractivity contribution < 1.29 is 4.79 Å². The van der Waals surface area contributed by atoms with Crippen LogP contribution in [0.3, 0.4) is 0 Å². The maximum atomic E-state index is 12.7. The molecule has 0 aromatic carbocycles. The van der Waals surface area contributed by atoms with Crippen LogP contribution in [-0.4, -0.2) is 69.6 Å². The zero-order valence-corrected chi connectivity index (χ0v) is 17.0. The Bertz CT molecular complexity index is 944. The van der Waals surface area contributed by atoms with E-state index < -0.39 is 0 Å². The molecule has 0 atom stereocenters. The van der Waals surface area contributed by atoms with E-state index in [4.69, 9.17) is 0 Å². The van der Waals surface area contributed by atoms with E-state index in [0.29, 0.717) is 37.4 Å². The monoisotopic (exact) mass is 397 g/mol. The molecule has 0 N–H and O–H groups in total. The van der Waals surface area contributed by atoms with Crippen molar-refractivity contribution in [2.24, 2.45) is 0 Å². The lowest BCUT2D eigenvalue weighted by atomic mass is 10.2. The SMILES string of the molecule is Cc1ncn(CC(=O)N2CCN(c3cc(N4CCCC4)ncn3)CC2)c(=O)c1C. The molecule has 2 aliphatic heterocycles. The zero-order chi connectivity index (χ0) is 20.4. The Morgan fingerprint density at radius 1 is 0.931 bits per heavy atom. The zero-order valence-electron chi connectivity index (χ0n) is 17.0. The number of carbonyl (C=O) groups excluding carboxylic acids is 1. The Morgan fingerprint density at radius 2 is 1.55 bits per heavy atom. The lowest BCUT2D eigenvalue weighted by molar-refractivity contribution is -0.132. The molecular weight excluding hydrogens is 370 g/mol. The Labute approximate surface area is 170 Å². The fourth-order valence-electron chi connectivity index (χ4n) is 3.85. The summed E-state index contributed by atoms with van der Waals surface area (Å²) in [6.45, 7) is 8.29. The standard InChI is InChI=1S/C20H27N7O2/c1-15-16(2)23-14-27(20(15)29)12-19(28)26-9-7-25(8-10-26)18-11-17(21-13-22-18)24-5-3-4-6-24/h11,13-14H,3-10,12H2,1-2H3. The van der Waals surface area contributed by atoms with E-state index in [1.54, 1.807) is 25.1 Å². The third-order valence-electron chi connectivity index (χ3n) is 5.85. The number of aromatic nitrogens is 4. The van der Waals surface area contributed by atoms with Crippen LogP contribution in [0.5, 0.6) is 0 Å². The van der Waals surface area contributed by atoms with Gasteiger partial charge in [-0.15, -0.1) is 0 Å². The second-order valence-electron chi connectivity index (χ2n) is 7.68. The van der Waals surface area contributed by atoms with Crippen LogP contribution < -0.4 is 15.4 Å². The molecule has 2 aromatic rings. The van der Waals surface area contributed by atoms with Crippen LogP contribution in [-0.2, 0) is 11.3 Å². The van der Waals surface area contributed by atoms with Crippen molar-refractivity contribution in [1.82, 2.24) is 24.4 Å². The largest absolute Gasteiger partial charge is 0.356 e. The molecule has 0 radical (unpaired) electrons. The van der Waals surface area contributed by atoms with Crippen LogP contribution in [0.4, 0.5) is 11.6 Å². The van der Waals surface area contributed by atoms with Gasteiger partial charge in [-0.3, -0.25) is 14.2 Å². The highest BCUT2D eigenvalue weighted by Crippen LogP contribution is 2.22. The van der Waals surface area contributed by atoms with Gasteiger partial charge in [0.25, 0.3) is 5.56 Å². The predicted molar refractivity (Wildman–Crippen MR) is 110 cm³/mol. The van der Waals surface area contributed by atoms with Gasteiger partial charge in [0.15, 0.2) is 0 Å². The van der Waals surface area contributed by atoms with E-state index >= 15 is 0 Å². The molecule has 0 unspecified atom stereocenters. The van der Waals surface area contributed by atoms with E-state index in [2.05, 4.69) is 24.8 Å². The number of aryl methyl sites for hydroxylation is 1. The van der Waals surface area contributed by atoms with Crippen LogP contribution in [0.25, 0.3) is 0 Å². The highest BCUT2D eigenvalue weighted by Gasteiger charge is 2.23. The topological polar surface area (TPSA) is 87.5 Å². The first-order valence-electron chi connectivity index (χ1n) is 10.2. The number of rotatable bonds is 4. The molecule has 1 amide bonds. The Morgan fingerprint density at radius 3 is 2.21 bits per heavy atom. The summed E-state index contributed by atoms with van der Waals surface area (Å²) in [5, 5.41) is 0. The molecule has 29 heavy (non-hydrogen) atoms. The number of hydrogen-bond acceptors (Lipinski definition) is 7. The van der Waals surface area contributed by atoms with E-state index in [-0.39, 0.29) is 18.0 Å². The number of piperazine rings is 1. The van der Waals surface area contributed by atoms with Crippen molar-refractivity contribution in [3.63, 3.8) is 0 Å². The highest BCUT2D eigenvalue weighted by atomic mass is 16.2. The maximum Gasteiger partial charge on any atom is 0.256 e. The molecule has 0 bridgehead atoms. The Balaban J connectivity index is 1.37. The van der Waals surface area contributed by atoms with Crippen molar-refractivity contribution in [1.29, 1.82) is 0 Å². The quantitative estimate of drug-likeness (QED) is 0.747. The number of hydrogen-bond donors (Lipinski definition) is 0. The van der Waals surface area contributed by atoms with Crippen LogP contribution in [0.1, 0.15) is 24.1 Å². The summed E-state index contributed by atoms with van der Waals surface area (Å²) in [5.74, 6) is 1.83. The summed E-state index contributed by atoms with van der Waals surface area (Å²) in [7, 11) is 0. The van der Waals surface area contributed by atoms with Crippen molar-refractivity contribution in [3.8, 4) is 0 Å². The molecule has 4 heterocycles. The third-order valence-corrected chi connectivity index (χ3v) is 5.85. The summed E-state index contributed by atoms with van der Waals surface area (Å²) < 4.78 is 1.39. The Kier molecular flexibility index (Phi) is 5.46. The van der Waals surface area contributed by atoms with Gasteiger partial charge in [0.1, 0.15) is 24.5 Å². The first-order chi connectivity index (χ1) is 14.0. The van der Waals surface area contributed by atoms with E-state index in [1.165, 1.54) is 23.7 Å². The van der Waals surface area contributed by atoms with Gasteiger partial charge < -0.3 is 14.7 Å². The Hall–Kier alpha value is -2.97. The van der Waals surface area contributed by atoms with Crippen molar-refractivity contribution >= 4 is 17.5 Å². The maximum absolute atomic E-state index is 12.7. The minimum absolute atomic E-state index is 0.0273. The van der Waals surface area contributed by atoms with Crippen LogP contribution in [0.2, 0.25) is 0 Å². The van der Waals surface area contributed by atoms with Gasteiger partial charge in [0, 0.05) is 56.6 Å². The fraction of sp³-hybridized carbons (Fsp3) is 0.550. The van der Waals surface area contributed by atoms with Gasteiger partial charge in [-0.2, -0.15) is 0 Å². The van der Waals surface area contributed by atoms with E-state index in [9.17, 15) is 9.59 Å². The number of anilines is 2. The smallest absolute Gasteiger partial charge is 0.256 e. The average molecular weight is 397 g/mol. The molecule has 0 spiro atoms. The van der Waals surface area contributed by atoms with Crippen LogP contribution >= 0.6 is 0 Å². The van der Waals surface area contributed by atoms with E-state index in [0.717, 1.165) is 24.7 Å². The van der Waals surface area contributed by atoms with Crippen molar-refractivity contribution in [3.05, 3.63) is 40.3 Å². The minimum Gasteiger partial charge on any atom is -0.356 e. The molecule has 2 aliphatic rings. The van der Waals surface area contributed by atoms with Gasteiger partial charge >= 0.3 is 0 Å². The minimum atomic E-state index is -0.153. The van der Waals surface area contributed by atoms with Gasteiger partial charge in [-0.05, 0) is 26.7 Å². The number of carbonyl (C=O) groups is 1. The molecular formula is C20H27N7O2. The first kappa shape index (κ1) is 19.4. The summed E-state index contributed by atoms with van der Waals surface area (Å²) in [6, 6.07) is 2.04. The highest BCUT2D eigenvalue weighted by molar-refractivity contribution is 5.76. The molecule has 154 valence electrons. The summed E-state index contributed by atoms with van der Waals surface area (Å²) in [5.41, 5.74) is 1.13. The fourth-order valence-corrected chi connectivity index (χ4v) is 3.85. The summed E-state index contributed by atoms with van der Waals surface area (Å²) in [4.78, 5) is 44.3. The molecule has 2 saturated heterocycles. The van der Waals surface area contributed by atoms with Crippen LogP contribution in [0, 0.1) is 13.8 Å². The molecule has 2 fully saturated rings. The van der Waals surface area contributed by atoms with Gasteiger partial charge in [0.2, 0.25) is 5.91 Å². The second-order valence-corrected chi connectivity index (χ2v) is 7.68. The lowest BCUT2D eigenvalue weighted by Crippen LogP contribution is -2.50. The normalized spacial score (nSPS) is 17.1. The second kappa shape index (κ2) is 8.18. The lowest BCUT2D eigenvalue weighted by Gasteiger charge is -2.35. The third kappa shape index (κ3) is 4.08. The number of nitrogens with zero attached hydrogens (tertiary/aromatic N) is 7. The van der Waals surface area contributed by atoms with Crippen molar-refractivity contribution in [2.75, 3.05) is 49.1 Å². The summed E-state index contributed by atoms with van der Waals surface area (Å²) >= 11 is 0. The first-order valence-corrected chi connectivity index (χ1v) is 10.2. The molecule has 4 rings (SSSR count). The molecule has 0 saturated carbocycles. The van der Waals surface area contributed by atoms with Crippen LogP contribution in [0.15, 0.2) is 23.5 Å².